The zero-order valence-electron chi connectivity index (χ0n) is 14.4. The fourth-order valence-corrected chi connectivity index (χ4v) is 4.64. The van der Waals surface area contributed by atoms with Crippen molar-refractivity contribution in [2.45, 2.75) is 20.8 Å². The standard InChI is InChI=1S/C23H21P/c1-18-16-19(2)23(20(3)17-18)14-15-24(21-10-6-4-7-11-21)22-12-8-5-9-13-22/h4-13,16-17H,1-3H3. The van der Waals surface area contributed by atoms with E-state index in [1.165, 1.54) is 32.9 Å². The minimum absolute atomic E-state index is 0.668. The fraction of sp³-hybridized carbons (Fsp3) is 0.130. The van der Waals surface area contributed by atoms with Crippen molar-refractivity contribution in [2.24, 2.45) is 0 Å². The molecule has 0 aliphatic rings. The average Bonchev–Trinajstić information content (AvgIpc) is 2.59. The van der Waals surface area contributed by atoms with Gasteiger partial charge < -0.3 is 0 Å². The fourth-order valence-electron chi connectivity index (χ4n) is 2.92. The third-order valence-corrected chi connectivity index (χ3v) is 5.96. The minimum atomic E-state index is -0.668. The van der Waals surface area contributed by atoms with Crippen LogP contribution in [0.25, 0.3) is 0 Å². The van der Waals surface area contributed by atoms with Crippen LogP contribution in [0.15, 0.2) is 72.8 Å². The van der Waals surface area contributed by atoms with E-state index in [1.54, 1.807) is 0 Å². The molecule has 0 atom stereocenters. The summed E-state index contributed by atoms with van der Waals surface area (Å²) in [5.41, 5.74) is 8.57. The molecule has 0 aliphatic heterocycles. The molecule has 0 saturated heterocycles. The first-order chi connectivity index (χ1) is 11.6. The third kappa shape index (κ3) is 3.76. The van der Waals surface area contributed by atoms with Gasteiger partial charge in [-0.15, -0.1) is 0 Å². The van der Waals surface area contributed by atoms with Gasteiger partial charge in [-0.25, -0.2) is 0 Å². The summed E-state index contributed by atoms with van der Waals surface area (Å²) < 4.78 is 0. The highest BCUT2D eigenvalue weighted by molar-refractivity contribution is 7.77. The second-order valence-electron chi connectivity index (χ2n) is 6.02. The molecule has 0 heterocycles. The van der Waals surface area contributed by atoms with E-state index in [9.17, 15) is 0 Å². The summed E-state index contributed by atoms with van der Waals surface area (Å²) >= 11 is 0. The smallest absolute Gasteiger partial charge is 0.0348 e. The molecule has 0 spiro atoms. The zero-order valence-corrected chi connectivity index (χ0v) is 15.3. The Kier molecular flexibility index (Phi) is 5.14. The molecule has 3 aromatic rings. The Hall–Kier alpha value is -2.35. The predicted molar refractivity (Wildman–Crippen MR) is 107 cm³/mol. The highest BCUT2D eigenvalue weighted by Crippen LogP contribution is 2.32. The van der Waals surface area contributed by atoms with Crippen LogP contribution in [0.2, 0.25) is 0 Å². The van der Waals surface area contributed by atoms with Crippen LogP contribution in [0.4, 0.5) is 0 Å². The Morgan fingerprint density at radius 3 is 1.58 bits per heavy atom. The van der Waals surface area contributed by atoms with E-state index < -0.39 is 7.92 Å². The molecule has 0 aromatic heterocycles. The van der Waals surface area contributed by atoms with Gasteiger partial charge in [-0.1, -0.05) is 89.9 Å². The summed E-state index contributed by atoms with van der Waals surface area (Å²) in [6, 6.07) is 25.7. The normalized spacial score (nSPS) is 10.3. The lowest BCUT2D eigenvalue weighted by molar-refractivity contribution is 1.30. The second-order valence-corrected chi connectivity index (χ2v) is 7.94. The van der Waals surface area contributed by atoms with Crippen LogP contribution in [-0.4, -0.2) is 0 Å². The number of hydrogen-bond acceptors (Lipinski definition) is 0. The van der Waals surface area contributed by atoms with Crippen LogP contribution in [0.1, 0.15) is 22.3 Å². The molecule has 0 bridgehead atoms. The molecule has 0 N–H and O–H groups in total. The first-order valence-electron chi connectivity index (χ1n) is 8.15. The summed E-state index contributed by atoms with van der Waals surface area (Å²) in [5, 5.41) is 2.60. The molecule has 118 valence electrons. The lowest BCUT2D eigenvalue weighted by Gasteiger charge is -2.12. The van der Waals surface area contributed by atoms with Gasteiger partial charge in [0.1, 0.15) is 0 Å². The van der Waals surface area contributed by atoms with Crippen molar-refractivity contribution < 1.29 is 0 Å². The summed E-state index contributed by atoms with van der Waals surface area (Å²) in [4.78, 5) is 0. The molecule has 0 radical (unpaired) electrons. The van der Waals surface area contributed by atoms with Crippen LogP contribution >= 0.6 is 7.92 Å². The third-order valence-electron chi connectivity index (χ3n) is 4.00. The molecule has 0 amide bonds. The zero-order chi connectivity index (χ0) is 16.9. The highest BCUT2D eigenvalue weighted by atomic mass is 31.1. The van der Waals surface area contributed by atoms with Crippen molar-refractivity contribution in [2.75, 3.05) is 0 Å². The first-order valence-corrected chi connectivity index (χ1v) is 9.49. The molecule has 0 nitrogen and oxygen atoms in total. The summed E-state index contributed by atoms with van der Waals surface area (Å²) in [6.45, 7) is 6.44. The minimum Gasteiger partial charge on any atom is -0.0622 e. The quantitative estimate of drug-likeness (QED) is 0.456. The summed E-state index contributed by atoms with van der Waals surface area (Å²) in [6.07, 6.45) is 0. The van der Waals surface area contributed by atoms with Crippen molar-refractivity contribution in [3.63, 3.8) is 0 Å². The molecular formula is C23H21P. The number of aryl methyl sites for hydroxylation is 3. The molecule has 3 rings (SSSR count). The van der Waals surface area contributed by atoms with E-state index >= 15 is 0 Å². The topological polar surface area (TPSA) is 0 Å². The number of benzene rings is 3. The maximum absolute atomic E-state index is 3.58. The van der Waals surface area contributed by atoms with Gasteiger partial charge in [-0.05, 0) is 42.5 Å². The Labute approximate surface area is 146 Å². The van der Waals surface area contributed by atoms with E-state index in [-0.39, 0.29) is 0 Å². The van der Waals surface area contributed by atoms with Gasteiger partial charge >= 0.3 is 0 Å². The number of hydrogen-bond donors (Lipinski definition) is 0. The highest BCUT2D eigenvalue weighted by Gasteiger charge is 2.10. The Morgan fingerprint density at radius 1 is 0.667 bits per heavy atom. The van der Waals surface area contributed by atoms with Gasteiger partial charge in [0.05, 0.1) is 0 Å². The first kappa shape index (κ1) is 16.5. The van der Waals surface area contributed by atoms with Crippen molar-refractivity contribution in [3.8, 4) is 11.6 Å². The van der Waals surface area contributed by atoms with E-state index in [0.717, 1.165) is 0 Å². The Balaban J connectivity index is 2.07. The van der Waals surface area contributed by atoms with E-state index in [0.29, 0.717) is 0 Å². The molecule has 24 heavy (non-hydrogen) atoms. The predicted octanol–water partition coefficient (Wildman–Crippen LogP) is 5.05. The van der Waals surface area contributed by atoms with Gasteiger partial charge in [-0.2, -0.15) is 0 Å². The lowest BCUT2D eigenvalue weighted by atomic mass is 10.0. The molecule has 0 aliphatic carbocycles. The average molecular weight is 328 g/mol. The molecular weight excluding hydrogens is 307 g/mol. The van der Waals surface area contributed by atoms with Crippen molar-refractivity contribution >= 4 is 18.5 Å². The second kappa shape index (κ2) is 7.48. The molecule has 0 saturated carbocycles. The van der Waals surface area contributed by atoms with Crippen LogP contribution in [-0.2, 0) is 0 Å². The summed E-state index contributed by atoms with van der Waals surface area (Å²) in [5.74, 6) is 3.48. The van der Waals surface area contributed by atoms with Crippen LogP contribution in [0.5, 0.6) is 0 Å². The van der Waals surface area contributed by atoms with E-state index in [1.807, 2.05) is 0 Å². The van der Waals surface area contributed by atoms with E-state index in [4.69, 9.17) is 0 Å². The van der Waals surface area contributed by atoms with Crippen LogP contribution in [0.3, 0.4) is 0 Å². The van der Waals surface area contributed by atoms with E-state index in [2.05, 4.69) is 105 Å². The molecule has 3 aromatic carbocycles. The van der Waals surface area contributed by atoms with Crippen LogP contribution < -0.4 is 10.6 Å². The lowest BCUT2D eigenvalue weighted by Crippen LogP contribution is -2.09. The van der Waals surface area contributed by atoms with Crippen molar-refractivity contribution in [1.82, 2.24) is 0 Å². The molecule has 1 heteroatoms. The monoisotopic (exact) mass is 328 g/mol. The molecule has 0 unspecified atom stereocenters. The van der Waals surface area contributed by atoms with Crippen molar-refractivity contribution in [1.29, 1.82) is 0 Å². The summed E-state index contributed by atoms with van der Waals surface area (Å²) in [7, 11) is -0.668. The van der Waals surface area contributed by atoms with Gasteiger partial charge in [0, 0.05) is 13.5 Å². The van der Waals surface area contributed by atoms with Crippen LogP contribution in [0, 0.1) is 32.4 Å². The maximum Gasteiger partial charge on any atom is 0.0348 e. The van der Waals surface area contributed by atoms with Crippen molar-refractivity contribution in [3.05, 3.63) is 95.1 Å². The Morgan fingerprint density at radius 2 is 1.12 bits per heavy atom. The Bertz CT molecular complexity index is 821. The maximum atomic E-state index is 3.58. The van der Waals surface area contributed by atoms with Gasteiger partial charge in [0.15, 0.2) is 0 Å². The van der Waals surface area contributed by atoms with Gasteiger partial charge in [0.2, 0.25) is 0 Å². The number of rotatable bonds is 2. The molecule has 0 fully saturated rings. The van der Waals surface area contributed by atoms with Gasteiger partial charge in [-0.3, -0.25) is 0 Å². The SMILES string of the molecule is Cc1cc(C)c(C#CP(c2ccccc2)c2ccccc2)c(C)c1. The largest absolute Gasteiger partial charge is 0.0622 e. The van der Waals surface area contributed by atoms with Gasteiger partial charge in [0.25, 0.3) is 0 Å².